The number of rotatable bonds is 7. The van der Waals surface area contributed by atoms with Gasteiger partial charge in [0.15, 0.2) is 5.16 Å². The fourth-order valence-electron chi connectivity index (χ4n) is 2.88. The van der Waals surface area contributed by atoms with E-state index in [0.29, 0.717) is 5.16 Å². The summed E-state index contributed by atoms with van der Waals surface area (Å²) in [6.45, 7) is 1.77. The van der Waals surface area contributed by atoms with E-state index in [1.54, 1.807) is 0 Å². The molecule has 8 nitrogen and oxygen atoms in total. The number of amides is 1. The lowest BCUT2D eigenvalue weighted by Crippen LogP contribution is -2.32. The van der Waals surface area contributed by atoms with E-state index in [1.807, 2.05) is 34.9 Å². The van der Waals surface area contributed by atoms with E-state index in [1.165, 1.54) is 25.3 Å². The Morgan fingerprint density at radius 3 is 2.59 bits per heavy atom. The maximum absolute atomic E-state index is 12.0. The molecule has 144 valence electrons. The van der Waals surface area contributed by atoms with Gasteiger partial charge in [0, 0.05) is 13.1 Å². The lowest BCUT2D eigenvalue weighted by molar-refractivity contribution is -0.140. The van der Waals surface area contributed by atoms with E-state index >= 15 is 0 Å². The molecule has 1 amide bonds. The normalized spacial score (nSPS) is 14.0. The molecule has 0 aliphatic carbocycles. The Morgan fingerprint density at radius 2 is 1.89 bits per heavy atom. The molecule has 2 aromatic rings. The first-order valence-electron chi connectivity index (χ1n) is 8.91. The number of carbonyl (C=O) groups is 2. The summed E-state index contributed by atoms with van der Waals surface area (Å²) >= 11 is 1.29. The van der Waals surface area contributed by atoms with Gasteiger partial charge in [-0.3, -0.25) is 14.2 Å². The molecule has 1 saturated heterocycles. The second-order valence-electron chi connectivity index (χ2n) is 6.14. The fourth-order valence-corrected chi connectivity index (χ4v) is 3.66. The number of hydrogen-bond donors (Lipinski definition) is 1. The highest BCUT2D eigenvalue weighted by Gasteiger charge is 2.22. The maximum Gasteiger partial charge on any atom is 0.325 e. The maximum atomic E-state index is 12.0. The topological polar surface area (TPSA) is 89.3 Å². The summed E-state index contributed by atoms with van der Waals surface area (Å²) in [6, 6.07) is 9.89. The van der Waals surface area contributed by atoms with Crippen LogP contribution in [-0.2, 0) is 14.3 Å². The first-order valence-corrected chi connectivity index (χ1v) is 9.89. The van der Waals surface area contributed by atoms with Crippen LogP contribution in [0.4, 0.5) is 5.95 Å². The number of methoxy groups -OCH3 is 1. The van der Waals surface area contributed by atoms with Crippen molar-refractivity contribution in [3.63, 3.8) is 0 Å². The summed E-state index contributed by atoms with van der Waals surface area (Å²) in [6.07, 6.45) is 3.51. The molecule has 0 saturated carbocycles. The van der Waals surface area contributed by atoms with Gasteiger partial charge in [-0.15, -0.1) is 10.2 Å². The number of benzene rings is 1. The van der Waals surface area contributed by atoms with Crippen LogP contribution >= 0.6 is 11.8 Å². The smallest absolute Gasteiger partial charge is 0.325 e. The molecule has 0 spiro atoms. The van der Waals surface area contributed by atoms with E-state index in [0.717, 1.165) is 37.6 Å². The predicted molar refractivity (Wildman–Crippen MR) is 103 cm³/mol. The van der Waals surface area contributed by atoms with Crippen molar-refractivity contribution >= 4 is 29.6 Å². The van der Waals surface area contributed by atoms with Crippen molar-refractivity contribution in [2.45, 2.75) is 24.4 Å². The summed E-state index contributed by atoms with van der Waals surface area (Å²) in [4.78, 5) is 25.4. The molecule has 0 unspecified atom stereocenters. The lowest BCUT2D eigenvalue weighted by Gasteiger charge is -2.27. The molecular weight excluding hydrogens is 366 g/mol. The number of para-hydroxylation sites is 1. The predicted octanol–water partition coefficient (Wildman–Crippen LogP) is 1.64. The third-order valence-electron chi connectivity index (χ3n) is 4.26. The van der Waals surface area contributed by atoms with E-state index in [-0.39, 0.29) is 18.2 Å². The van der Waals surface area contributed by atoms with E-state index in [9.17, 15) is 9.59 Å². The minimum Gasteiger partial charge on any atom is -0.468 e. The van der Waals surface area contributed by atoms with E-state index in [2.05, 4.69) is 25.2 Å². The molecule has 1 aliphatic rings. The molecule has 1 aromatic heterocycles. The summed E-state index contributed by atoms with van der Waals surface area (Å²) in [5.41, 5.74) is 0.959. The Morgan fingerprint density at radius 1 is 1.15 bits per heavy atom. The summed E-state index contributed by atoms with van der Waals surface area (Å²) in [7, 11) is 1.29. The lowest BCUT2D eigenvalue weighted by atomic mass is 10.1. The van der Waals surface area contributed by atoms with Gasteiger partial charge in [-0.1, -0.05) is 30.0 Å². The standard InChI is InChI=1S/C18H23N5O3S/c1-26-16(25)12-19-15(24)13-27-18-21-20-17(22-10-6-3-7-11-22)23(18)14-8-4-2-5-9-14/h2,4-5,8-9H,3,6-7,10-13H2,1H3,(H,19,24). The number of hydrogen-bond acceptors (Lipinski definition) is 7. The van der Waals surface area contributed by atoms with Crippen LogP contribution in [0.5, 0.6) is 0 Å². The number of aromatic nitrogens is 3. The van der Waals surface area contributed by atoms with Gasteiger partial charge < -0.3 is 15.0 Å². The molecule has 0 bridgehead atoms. The van der Waals surface area contributed by atoms with Crippen molar-refractivity contribution < 1.29 is 14.3 Å². The molecule has 27 heavy (non-hydrogen) atoms. The highest BCUT2D eigenvalue weighted by Crippen LogP contribution is 2.28. The van der Waals surface area contributed by atoms with Crippen LogP contribution in [0.2, 0.25) is 0 Å². The Hall–Kier alpha value is -2.55. The first kappa shape index (κ1) is 19.2. The van der Waals surface area contributed by atoms with Crippen LogP contribution in [0.1, 0.15) is 19.3 Å². The van der Waals surface area contributed by atoms with Crippen LogP contribution in [0, 0.1) is 0 Å². The molecule has 1 aliphatic heterocycles. The number of piperidine rings is 1. The number of esters is 1. The third-order valence-corrected chi connectivity index (χ3v) is 5.19. The average Bonchev–Trinajstić information content (AvgIpc) is 3.15. The number of thioether (sulfide) groups is 1. The molecule has 0 atom stereocenters. The fraction of sp³-hybridized carbons (Fsp3) is 0.444. The van der Waals surface area contributed by atoms with Crippen LogP contribution < -0.4 is 10.2 Å². The van der Waals surface area contributed by atoms with Crippen molar-refractivity contribution in [3.8, 4) is 5.69 Å². The van der Waals surface area contributed by atoms with Gasteiger partial charge in [0.1, 0.15) is 6.54 Å². The SMILES string of the molecule is COC(=O)CNC(=O)CSc1nnc(N2CCCCC2)n1-c1ccccc1. The minimum atomic E-state index is -0.479. The molecule has 1 N–H and O–H groups in total. The number of nitrogens with zero attached hydrogens (tertiary/aromatic N) is 4. The highest BCUT2D eigenvalue weighted by molar-refractivity contribution is 7.99. The van der Waals surface area contributed by atoms with Gasteiger partial charge in [-0.25, -0.2) is 0 Å². The van der Waals surface area contributed by atoms with Crippen LogP contribution in [0.3, 0.4) is 0 Å². The zero-order valence-electron chi connectivity index (χ0n) is 15.3. The van der Waals surface area contributed by atoms with Crippen molar-refractivity contribution in [2.75, 3.05) is 37.4 Å². The number of carbonyl (C=O) groups excluding carboxylic acids is 2. The summed E-state index contributed by atoms with van der Waals surface area (Å²) in [5, 5.41) is 11.9. The zero-order chi connectivity index (χ0) is 19.1. The highest BCUT2D eigenvalue weighted by atomic mass is 32.2. The Balaban J connectivity index is 1.75. The average molecular weight is 389 g/mol. The first-order chi connectivity index (χ1) is 13.2. The number of anilines is 1. The second-order valence-corrected chi connectivity index (χ2v) is 7.09. The molecule has 3 rings (SSSR count). The van der Waals surface area contributed by atoms with Gasteiger partial charge in [0.05, 0.1) is 18.6 Å². The summed E-state index contributed by atoms with van der Waals surface area (Å²) < 4.78 is 6.51. The van der Waals surface area contributed by atoms with Crippen LogP contribution in [0.25, 0.3) is 5.69 Å². The van der Waals surface area contributed by atoms with Crippen molar-refractivity contribution in [3.05, 3.63) is 30.3 Å². The quantitative estimate of drug-likeness (QED) is 0.569. The Kier molecular flexibility index (Phi) is 6.69. The second kappa shape index (κ2) is 9.40. The molecule has 0 radical (unpaired) electrons. The van der Waals surface area contributed by atoms with Gasteiger partial charge in [-0.05, 0) is 31.4 Å². The molecule has 2 heterocycles. The van der Waals surface area contributed by atoms with Gasteiger partial charge in [-0.2, -0.15) is 0 Å². The number of ether oxygens (including phenoxy) is 1. The van der Waals surface area contributed by atoms with Crippen LogP contribution in [0.15, 0.2) is 35.5 Å². The third kappa shape index (κ3) is 5.00. The molecule has 1 aromatic carbocycles. The van der Waals surface area contributed by atoms with E-state index < -0.39 is 5.97 Å². The molecule has 9 heteroatoms. The number of nitrogens with one attached hydrogen (secondary N) is 1. The minimum absolute atomic E-state index is 0.139. The van der Waals surface area contributed by atoms with E-state index in [4.69, 9.17) is 0 Å². The molecular formula is C18H23N5O3S. The monoisotopic (exact) mass is 389 g/mol. The largest absolute Gasteiger partial charge is 0.468 e. The van der Waals surface area contributed by atoms with Gasteiger partial charge >= 0.3 is 5.97 Å². The Labute approximate surface area is 162 Å². The van der Waals surface area contributed by atoms with Crippen molar-refractivity contribution in [1.29, 1.82) is 0 Å². The Bertz CT molecular complexity index is 775. The summed E-state index contributed by atoms with van der Waals surface area (Å²) in [5.74, 6) is 0.209. The zero-order valence-corrected chi connectivity index (χ0v) is 16.1. The van der Waals surface area contributed by atoms with Crippen molar-refractivity contribution in [1.82, 2.24) is 20.1 Å². The molecule has 1 fully saturated rings. The van der Waals surface area contributed by atoms with Crippen molar-refractivity contribution in [2.24, 2.45) is 0 Å². The van der Waals surface area contributed by atoms with Gasteiger partial charge in [0.2, 0.25) is 11.9 Å². The van der Waals surface area contributed by atoms with Gasteiger partial charge in [0.25, 0.3) is 0 Å². The van der Waals surface area contributed by atoms with Crippen LogP contribution in [-0.4, -0.2) is 59.1 Å².